The third-order valence-corrected chi connectivity index (χ3v) is 6.11. The molecule has 1 aromatic heterocycles. The van der Waals surface area contributed by atoms with Crippen molar-refractivity contribution in [1.29, 1.82) is 0 Å². The maximum Gasteiger partial charge on any atom is 0.264 e. The van der Waals surface area contributed by atoms with Gasteiger partial charge < -0.3 is 10.6 Å². The van der Waals surface area contributed by atoms with E-state index < -0.39 is 6.17 Å². The van der Waals surface area contributed by atoms with Crippen molar-refractivity contribution in [2.45, 2.75) is 38.3 Å². The summed E-state index contributed by atoms with van der Waals surface area (Å²) in [5, 5.41) is 0. The number of hydrogen-bond donors (Lipinski definition) is 1. The van der Waals surface area contributed by atoms with Crippen LogP contribution in [0.5, 0.6) is 0 Å². The smallest absolute Gasteiger partial charge is 0.264 e. The number of hydrogen-bond acceptors (Lipinski definition) is 4. The maximum atomic E-state index is 13.7. The lowest BCUT2D eigenvalue weighted by Crippen LogP contribution is -2.42. The van der Waals surface area contributed by atoms with Gasteiger partial charge in [0, 0.05) is 20.1 Å². The summed E-state index contributed by atoms with van der Waals surface area (Å²) < 4.78 is 15.2. The molecule has 2 heterocycles. The molecule has 1 atom stereocenters. The van der Waals surface area contributed by atoms with Crippen molar-refractivity contribution < 1.29 is 4.39 Å². The molecule has 6 heteroatoms. The molecule has 2 aliphatic rings. The number of halogens is 1. The van der Waals surface area contributed by atoms with E-state index in [2.05, 4.69) is 9.88 Å². The van der Waals surface area contributed by atoms with Crippen molar-refractivity contribution >= 4 is 11.8 Å². The highest BCUT2D eigenvalue weighted by Gasteiger charge is 2.42. The first kappa shape index (κ1) is 17.1. The monoisotopic (exact) mass is 356 g/mol. The summed E-state index contributed by atoms with van der Waals surface area (Å²) in [6.07, 6.45) is 3.60. The standard InChI is InChI=1S/C20H25FN4O/c1-24-18(26)16(14-5-3-2-4-6-14)17(22)23-19(24)25-11-9-20(10-12-25)8-7-15(21)13-20/h2-6,15H,7-13,22H2,1H3. The Morgan fingerprint density at radius 3 is 2.50 bits per heavy atom. The quantitative estimate of drug-likeness (QED) is 0.898. The van der Waals surface area contributed by atoms with Gasteiger partial charge in [-0.15, -0.1) is 0 Å². The number of nitrogens with zero attached hydrogens (tertiary/aromatic N) is 3. The van der Waals surface area contributed by atoms with Crippen LogP contribution in [0.4, 0.5) is 16.2 Å². The predicted octanol–water partition coefficient (Wildman–Crippen LogP) is 3.14. The molecule has 2 fully saturated rings. The second kappa shape index (κ2) is 6.41. The molecule has 138 valence electrons. The number of benzene rings is 1. The highest BCUT2D eigenvalue weighted by atomic mass is 19.1. The Hall–Kier alpha value is -2.37. The van der Waals surface area contributed by atoms with Crippen molar-refractivity contribution in [2.75, 3.05) is 23.7 Å². The van der Waals surface area contributed by atoms with Gasteiger partial charge in [-0.25, -0.2) is 4.39 Å². The summed E-state index contributed by atoms with van der Waals surface area (Å²) in [5.41, 5.74) is 7.40. The minimum absolute atomic E-state index is 0.135. The number of nitrogen functional groups attached to an aromatic ring is 1. The average Bonchev–Trinajstić information content (AvgIpc) is 3.00. The topological polar surface area (TPSA) is 64.2 Å². The number of alkyl halides is 1. The van der Waals surface area contributed by atoms with Crippen molar-refractivity contribution in [3.05, 3.63) is 40.7 Å². The Kier molecular flexibility index (Phi) is 4.21. The third-order valence-electron chi connectivity index (χ3n) is 6.11. The molecule has 1 spiro atoms. The molecule has 1 saturated heterocycles. The van der Waals surface area contributed by atoms with E-state index in [-0.39, 0.29) is 16.8 Å². The van der Waals surface area contributed by atoms with E-state index in [0.29, 0.717) is 24.4 Å². The van der Waals surface area contributed by atoms with Crippen molar-refractivity contribution in [2.24, 2.45) is 12.5 Å². The molecule has 1 aliphatic carbocycles. The molecule has 1 aromatic carbocycles. The molecule has 0 bridgehead atoms. The normalized spacial score (nSPS) is 22.1. The molecule has 2 N–H and O–H groups in total. The van der Waals surface area contributed by atoms with Gasteiger partial charge in [-0.2, -0.15) is 4.98 Å². The Balaban J connectivity index is 1.62. The average molecular weight is 356 g/mol. The molecule has 0 radical (unpaired) electrons. The van der Waals surface area contributed by atoms with Gasteiger partial charge in [0.1, 0.15) is 12.0 Å². The van der Waals surface area contributed by atoms with Crippen molar-refractivity contribution in [1.82, 2.24) is 9.55 Å². The van der Waals surface area contributed by atoms with Crippen LogP contribution in [0.2, 0.25) is 0 Å². The molecular formula is C20H25FN4O. The molecule has 0 amide bonds. The fraction of sp³-hybridized carbons (Fsp3) is 0.500. The minimum atomic E-state index is -0.648. The zero-order chi connectivity index (χ0) is 18.3. The van der Waals surface area contributed by atoms with E-state index in [1.807, 2.05) is 30.3 Å². The molecule has 2 aromatic rings. The van der Waals surface area contributed by atoms with Crippen LogP contribution in [-0.2, 0) is 7.05 Å². The molecule has 1 aliphatic heterocycles. The van der Waals surface area contributed by atoms with Gasteiger partial charge in [0.2, 0.25) is 5.95 Å². The SMILES string of the molecule is Cn1c(N2CCC3(CCC(F)C3)CC2)nc(N)c(-c2ccccc2)c1=O. The van der Waals surface area contributed by atoms with Crippen LogP contribution < -0.4 is 16.2 Å². The van der Waals surface area contributed by atoms with E-state index in [1.165, 1.54) is 0 Å². The lowest BCUT2D eigenvalue weighted by Gasteiger charge is -2.40. The third kappa shape index (κ3) is 2.87. The lowest BCUT2D eigenvalue weighted by atomic mass is 9.77. The van der Waals surface area contributed by atoms with Crippen LogP contribution in [0.3, 0.4) is 0 Å². The number of piperidine rings is 1. The number of aromatic nitrogens is 2. The fourth-order valence-corrected chi connectivity index (χ4v) is 4.54. The minimum Gasteiger partial charge on any atom is -0.383 e. The van der Waals surface area contributed by atoms with Crippen LogP contribution in [0.15, 0.2) is 35.1 Å². The van der Waals surface area contributed by atoms with Gasteiger partial charge in [0.15, 0.2) is 0 Å². The Bertz CT molecular complexity index is 856. The zero-order valence-electron chi connectivity index (χ0n) is 15.1. The Morgan fingerprint density at radius 1 is 1.19 bits per heavy atom. The number of rotatable bonds is 2. The van der Waals surface area contributed by atoms with Crippen LogP contribution >= 0.6 is 0 Å². The zero-order valence-corrected chi connectivity index (χ0v) is 15.1. The lowest BCUT2D eigenvalue weighted by molar-refractivity contribution is 0.203. The van der Waals surface area contributed by atoms with Gasteiger partial charge in [0.05, 0.1) is 5.56 Å². The maximum absolute atomic E-state index is 13.7. The second-order valence-electron chi connectivity index (χ2n) is 7.73. The first-order chi connectivity index (χ1) is 12.5. The van der Waals surface area contributed by atoms with Gasteiger partial charge in [0.25, 0.3) is 5.56 Å². The van der Waals surface area contributed by atoms with Crippen LogP contribution in [0.1, 0.15) is 32.1 Å². The van der Waals surface area contributed by atoms with Gasteiger partial charge in [-0.1, -0.05) is 30.3 Å². The molecule has 5 nitrogen and oxygen atoms in total. The Labute approximate surface area is 152 Å². The number of nitrogens with two attached hydrogens (primary N) is 1. The van der Waals surface area contributed by atoms with Crippen LogP contribution in [0.25, 0.3) is 11.1 Å². The Morgan fingerprint density at radius 2 is 1.88 bits per heavy atom. The van der Waals surface area contributed by atoms with E-state index in [4.69, 9.17) is 5.73 Å². The van der Waals surface area contributed by atoms with E-state index in [9.17, 15) is 9.18 Å². The van der Waals surface area contributed by atoms with Crippen LogP contribution in [-0.4, -0.2) is 28.8 Å². The summed E-state index contributed by atoms with van der Waals surface area (Å²) in [4.78, 5) is 19.6. The van der Waals surface area contributed by atoms with E-state index in [0.717, 1.165) is 37.9 Å². The summed E-state index contributed by atoms with van der Waals surface area (Å²) in [6.45, 7) is 1.58. The fourth-order valence-electron chi connectivity index (χ4n) is 4.54. The largest absolute Gasteiger partial charge is 0.383 e. The second-order valence-corrected chi connectivity index (χ2v) is 7.73. The summed E-state index contributed by atoms with van der Waals surface area (Å²) >= 11 is 0. The highest BCUT2D eigenvalue weighted by Crippen LogP contribution is 2.47. The summed E-state index contributed by atoms with van der Waals surface area (Å²) in [7, 11) is 1.74. The highest BCUT2D eigenvalue weighted by molar-refractivity contribution is 5.73. The predicted molar refractivity (Wildman–Crippen MR) is 102 cm³/mol. The first-order valence-corrected chi connectivity index (χ1v) is 9.30. The van der Waals surface area contributed by atoms with Gasteiger partial charge in [-0.3, -0.25) is 9.36 Å². The molecular weight excluding hydrogens is 331 g/mol. The van der Waals surface area contributed by atoms with Gasteiger partial charge in [-0.05, 0) is 43.1 Å². The summed E-state index contributed by atoms with van der Waals surface area (Å²) in [6, 6.07) is 9.40. The van der Waals surface area contributed by atoms with Crippen molar-refractivity contribution in [3.8, 4) is 11.1 Å². The van der Waals surface area contributed by atoms with Crippen LogP contribution in [0, 0.1) is 5.41 Å². The number of anilines is 2. The van der Waals surface area contributed by atoms with E-state index in [1.54, 1.807) is 11.6 Å². The molecule has 4 rings (SSSR count). The van der Waals surface area contributed by atoms with Gasteiger partial charge >= 0.3 is 0 Å². The van der Waals surface area contributed by atoms with E-state index >= 15 is 0 Å². The summed E-state index contributed by atoms with van der Waals surface area (Å²) in [5.74, 6) is 0.871. The van der Waals surface area contributed by atoms with Crippen molar-refractivity contribution in [3.63, 3.8) is 0 Å². The first-order valence-electron chi connectivity index (χ1n) is 9.30. The molecule has 1 saturated carbocycles. The molecule has 26 heavy (non-hydrogen) atoms. The molecule has 1 unspecified atom stereocenters.